The number of aliphatic hydroxyl groups is 1. The van der Waals surface area contributed by atoms with Crippen LogP contribution in [0.15, 0.2) is 30.3 Å². The van der Waals surface area contributed by atoms with Crippen molar-refractivity contribution in [3.63, 3.8) is 0 Å². The molecule has 1 aromatic rings. The third kappa shape index (κ3) is 8.12. The van der Waals surface area contributed by atoms with Crippen molar-refractivity contribution in [2.75, 3.05) is 13.2 Å². The van der Waals surface area contributed by atoms with Crippen molar-refractivity contribution in [1.29, 1.82) is 0 Å². The van der Waals surface area contributed by atoms with Gasteiger partial charge >= 0.3 is 0 Å². The summed E-state index contributed by atoms with van der Waals surface area (Å²) >= 11 is 0. The van der Waals surface area contributed by atoms with Crippen LogP contribution in [0.4, 0.5) is 0 Å². The average Bonchev–Trinajstić information content (AvgIpc) is 2.52. The molecule has 0 radical (unpaired) electrons. The molecule has 1 aromatic carbocycles. The quantitative estimate of drug-likeness (QED) is 0.431. The first kappa shape index (κ1) is 20.9. The lowest BCUT2D eigenvalue weighted by molar-refractivity contribution is 0.104. The molecule has 0 aromatic heterocycles. The van der Waals surface area contributed by atoms with E-state index >= 15 is 0 Å². The Morgan fingerprint density at radius 2 is 1.79 bits per heavy atom. The van der Waals surface area contributed by atoms with Crippen LogP contribution in [0.5, 0.6) is 0 Å². The highest BCUT2D eigenvalue weighted by Crippen LogP contribution is 2.36. The van der Waals surface area contributed by atoms with Crippen LogP contribution in [-0.4, -0.2) is 32.7 Å². The molecule has 24 heavy (non-hydrogen) atoms. The van der Waals surface area contributed by atoms with Gasteiger partial charge in [0.25, 0.3) is 0 Å². The Morgan fingerprint density at radius 3 is 2.42 bits per heavy atom. The highest BCUT2D eigenvalue weighted by Gasteiger charge is 2.37. The van der Waals surface area contributed by atoms with Crippen molar-refractivity contribution in [1.82, 2.24) is 0 Å². The fraction of sp³-hybridized carbons (Fsp3) is 0.600. The first-order chi connectivity index (χ1) is 11.2. The third-order valence-corrected chi connectivity index (χ3v) is 8.89. The summed E-state index contributed by atoms with van der Waals surface area (Å²) in [5.41, 5.74) is 1.17. The van der Waals surface area contributed by atoms with Gasteiger partial charge in [-0.3, -0.25) is 0 Å². The molecule has 1 unspecified atom stereocenters. The lowest BCUT2D eigenvalue weighted by Crippen LogP contribution is -2.42. The normalized spacial score (nSPS) is 13.2. The van der Waals surface area contributed by atoms with Crippen LogP contribution in [0.25, 0.3) is 0 Å². The SMILES string of the molecule is CC(C)(C)[Si](C)(C)OCC(O)CC#CCCOCc1ccccc1. The first-order valence-electron chi connectivity index (χ1n) is 8.62. The Labute approximate surface area is 148 Å². The van der Waals surface area contributed by atoms with E-state index in [1.807, 2.05) is 30.3 Å². The van der Waals surface area contributed by atoms with E-state index in [1.54, 1.807) is 0 Å². The molecule has 1 atom stereocenters. The van der Waals surface area contributed by atoms with E-state index in [0.29, 0.717) is 32.7 Å². The van der Waals surface area contributed by atoms with Crippen LogP contribution < -0.4 is 0 Å². The van der Waals surface area contributed by atoms with Gasteiger partial charge in [0.15, 0.2) is 8.32 Å². The van der Waals surface area contributed by atoms with Gasteiger partial charge < -0.3 is 14.3 Å². The minimum atomic E-state index is -1.79. The molecular weight excluding hydrogens is 316 g/mol. The average molecular weight is 349 g/mol. The number of ether oxygens (including phenoxy) is 1. The Hall–Kier alpha value is -1.12. The van der Waals surface area contributed by atoms with Crippen molar-refractivity contribution in [3.8, 4) is 11.8 Å². The molecule has 0 heterocycles. The molecule has 134 valence electrons. The zero-order valence-corrected chi connectivity index (χ0v) is 16.8. The second-order valence-corrected chi connectivity index (χ2v) is 12.4. The summed E-state index contributed by atoms with van der Waals surface area (Å²) in [6.45, 7) is 12.6. The van der Waals surface area contributed by atoms with E-state index in [4.69, 9.17) is 9.16 Å². The van der Waals surface area contributed by atoms with E-state index in [0.717, 1.165) is 0 Å². The summed E-state index contributed by atoms with van der Waals surface area (Å²) in [6, 6.07) is 10.1. The highest BCUT2D eigenvalue weighted by molar-refractivity contribution is 6.74. The number of rotatable bonds is 8. The Bertz CT molecular complexity index is 523. The van der Waals surface area contributed by atoms with E-state index < -0.39 is 14.4 Å². The molecule has 0 bridgehead atoms. The minimum Gasteiger partial charge on any atom is -0.414 e. The highest BCUT2D eigenvalue weighted by atomic mass is 28.4. The van der Waals surface area contributed by atoms with E-state index in [-0.39, 0.29) is 5.04 Å². The summed E-state index contributed by atoms with van der Waals surface area (Å²) in [4.78, 5) is 0. The number of hydrogen-bond acceptors (Lipinski definition) is 3. The maximum Gasteiger partial charge on any atom is 0.192 e. The predicted octanol–water partition coefficient (Wildman–Crippen LogP) is 4.37. The smallest absolute Gasteiger partial charge is 0.192 e. The molecule has 0 amide bonds. The van der Waals surface area contributed by atoms with Gasteiger partial charge in [0.1, 0.15) is 0 Å². The zero-order valence-electron chi connectivity index (χ0n) is 15.8. The fourth-order valence-electron chi connectivity index (χ4n) is 1.75. The molecule has 1 rings (SSSR count). The molecule has 0 aliphatic carbocycles. The molecule has 4 heteroatoms. The first-order valence-corrected chi connectivity index (χ1v) is 11.5. The van der Waals surface area contributed by atoms with Crippen LogP contribution >= 0.6 is 0 Å². The molecule has 0 spiro atoms. The van der Waals surface area contributed by atoms with E-state index in [9.17, 15) is 5.11 Å². The van der Waals surface area contributed by atoms with Crippen molar-refractivity contribution >= 4 is 8.32 Å². The van der Waals surface area contributed by atoms with Gasteiger partial charge in [-0.25, -0.2) is 0 Å². The molecule has 0 saturated heterocycles. The van der Waals surface area contributed by atoms with Gasteiger partial charge in [0.2, 0.25) is 0 Å². The fourth-order valence-corrected chi connectivity index (χ4v) is 2.79. The summed E-state index contributed by atoms with van der Waals surface area (Å²) < 4.78 is 11.6. The number of hydrogen-bond donors (Lipinski definition) is 1. The van der Waals surface area contributed by atoms with Crippen molar-refractivity contribution in [2.45, 2.75) is 64.5 Å². The summed E-state index contributed by atoms with van der Waals surface area (Å²) in [7, 11) is -1.79. The van der Waals surface area contributed by atoms with Crippen LogP contribution in [0.2, 0.25) is 18.1 Å². The summed E-state index contributed by atoms with van der Waals surface area (Å²) in [6.07, 6.45) is 0.618. The third-order valence-electron chi connectivity index (χ3n) is 4.39. The lowest BCUT2D eigenvalue weighted by atomic mass is 10.2. The lowest BCUT2D eigenvalue weighted by Gasteiger charge is -2.36. The maximum atomic E-state index is 9.99. The summed E-state index contributed by atoms with van der Waals surface area (Å²) in [5, 5.41) is 10.2. The van der Waals surface area contributed by atoms with Gasteiger partial charge in [0, 0.05) is 12.8 Å². The largest absolute Gasteiger partial charge is 0.414 e. The molecule has 0 saturated carbocycles. The van der Waals surface area contributed by atoms with Gasteiger partial charge in [0.05, 0.1) is 25.9 Å². The van der Waals surface area contributed by atoms with Gasteiger partial charge in [-0.15, -0.1) is 11.8 Å². The monoisotopic (exact) mass is 348 g/mol. The standard InChI is InChI=1S/C20H32O3Si/c1-20(2,3)24(4,5)23-17-19(21)14-10-7-11-15-22-16-18-12-8-6-9-13-18/h6,8-9,12-13,19,21H,11,14-17H2,1-5H3. The van der Waals surface area contributed by atoms with Gasteiger partial charge in [-0.05, 0) is 23.7 Å². The van der Waals surface area contributed by atoms with Crippen molar-refractivity contribution in [2.24, 2.45) is 0 Å². The van der Waals surface area contributed by atoms with E-state index in [1.165, 1.54) is 5.56 Å². The minimum absolute atomic E-state index is 0.161. The number of aliphatic hydroxyl groups excluding tert-OH is 1. The summed E-state index contributed by atoms with van der Waals surface area (Å²) in [5.74, 6) is 6.06. The van der Waals surface area contributed by atoms with E-state index in [2.05, 4.69) is 45.7 Å². The Balaban J connectivity index is 2.15. The zero-order chi connectivity index (χ0) is 18.1. The Kier molecular flexibility index (Phi) is 8.72. The molecule has 0 aliphatic rings. The predicted molar refractivity (Wildman–Crippen MR) is 102 cm³/mol. The Morgan fingerprint density at radius 1 is 1.12 bits per heavy atom. The van der Waals surface area contributed by atoms with Gasteiger partial charge in [-0.1, -0.05) is 51.1 Å². The molecular formula is C20H32O3Si. The topological polar surface area (TPSA) is 38.7 Å². The van der Waals surface area contributed by atoms with Crippen LogP contribution in [0.3, 0.4) is 0 Å². The van der Waals surface area contributed by atoms with Crippen LogP contribution in [-0.2, 0) is 15.8 Å². The molecule has 3 nitrogen and oxygen atoms in total. The molecule has 0 fully saturated rings. The molecule has 0 aliphatic heterocycles. The van der Waals surface area contributed by atoms with Crippen molar-refractivity contribution < 1.29 is 14.3 Å². The van der Waals surface area contributed by atoms with Gasteiger partial charge in [-0.2, -0.15) is 0 Å². The maximum absolute atomic E-state index is 9.99. The second-order valence-electron chi connectivity index (χ2n) is 7.57. The second kappa shape index (κ2) is 10.0. The van der Waals surface area contributed by atoms with Crippen LogP contribution in [0, 0.1) is 11.8 Å². The van der Waals surface area contributed by atoms with Crippen molar-refractivity contribution in [3.05, 3.63) is 35.9 Å². The van der Waals surface area contributed by atoms with Crippen LogP contribution in [0.1, 0.15) is 39.2 Å². The number of benzene rings is 1. The molecule has 1 N–H and O–H groups in total.